The number of benzene rings is 1. The smallest absolute Gasteiger partial charge is 0.124 e. The molecule has 0 atom stereocenters. The predicted molar refractivity (Wildman–Crippen MR) is 78.6 cm³/mol. The van der Waals surface area contributed by atoms with Crippen molar-refractivity contribution in [3.05, 3.63) is 34.8 Å². The Kier molecular flexibility index (Phi) is 3.53. The number of nitrogens with zero attached hydrogens (tertiary/aromatic N) is 1. The van der Waals surface area contributed by atoms with E-state index < -0.39 is 0 Å². The number of thiazole rings is 1. The highest BCUT2D eigenvalue weighted by molar-refractivity contribution is 7.15. The predicted octanol–water partition coefficient (Wildman–Crippen LogP) is 3.54. The lowest BCUT2D eigenvalue weighted by molar-refractivity contribution is 0.340. The van der Waals surface area contributed by atoms with E-state index in [0.717, 1.165) is 16.3 Å². The Balaban J connectivity index is 1.94. The molecular formula is C15H18N2OS. The van der Waals surface area contributed by atoms with Gasteiger partial charge in [0.05, 0.1) is 12.3 Å². The zero-order valence-electron chi connectivity index (χ0n) is 11.1. The molecule has 1 fully saturated rings. The van der Waals surface area contributed by atoms with Crippen LogP contribution >= 0.6 is 11.3 Å². The molecule has 0 saturated heterocycles. The Morgan fingerprint density at radius 1 is 1.42 bits per heavy atom. The van der Waals surface area contributed by atoms with E-state index in [9.17, 15) is 0 Å². The number of rotatable bonds is 5. The number of aromatic nitrogens is 1. The molecule has 1 aromatic heterocycles. The summed E-state index contributed by atoms with van der Waals surface area (Å²) in [5.74, 6) is 1.55. The van der Waals surface area contributed by atoms with Gasteiger partial charge in [-0.25, -0.2) is 4.98 Å². The molecule has 0 radical (unpaired) electrons. The Bertz CT molecular complexity index is 575. The molecule has 1 aliphatic carbocycles. The highest BCUT2D eigenvalue weighted by Crippen LogP contribution is 2.44. The van der Waals surface area contributed by atoms with Gasteiger partial charge in [-0.05, 0) is 31.9 Å². The molecule has 1 aliphatic rings. The SMILES string of the molecule is CCOc1cccc(-c2nc(C3CC3)c(CN)s2)c1. The lowest BCUT2D eigenvalue weighted by Gasteiger charge is -2.03. The van der Waals surface area contributed by atoms with E-state index in [2.05, 4.69) is 12.1 Å². The van der Waals surface area contributed by atoms with Crippen LogP contribution in [0.2, 0.25) is 0 Å². The minimum Gasteiger partial charge on any atom is -0.494 e. The molecule has 0 amide bonds. The van der Waals surface area contributed by atoms with Crippen LogP contribution in [-0.4, -0.2) is 11.6 Å². The van der Waals surface area contributed by atoms with Crippen LogP contribution in [0, 0.1) is 0 Å². The summed E-state index contributed by atoms with van der Waals surface area (Å²) in [6.45, 7) is 3.27. The zero-order valence-corrected chi connectivity index (χ0v) is 11.9. The molecule has 0 spiro atoms. The fourth-order valence-corrected chi connectivity index (χ4v) is 3.22. The van der Waals surface area contributed by atoms with E-state index in [-0.39, 0.29) is 0 Å². The minimum absolute atomic E-state index is 0.592. The summed E-state index contributed by atoms with van der Waals surface area (Å²) in [5.41, 5.74) is 8.18. The quantitative estimate of drug-likeness (QED) is 0.907. The first-order valence-electron chi connectivity index (χ1n) is 6.74. The van der Waals surface area contributed by atoms with Gasteiger partial charge in [-0.2, -0.15) is 0 Å². The second kappa shape index (κ2) is 5.31. The highest BCUT2D eigenvalue weighted by atomic mass is 32.1. The summed E-state index contributed by atoms with van der Waals surface area (Å²) in [6.07, 6.45) is 2.52. The van der Waals surface area contributed by atoms with Crippen LogP contribution in [0.25, 0.3) is 10.6 Å². The van der Waals surface area contributed by atoms with Crippen molar-refractivity contribution in [1.29, 1.82) is 0 Å². The summed E-state index contributed by atoms with van der Waals surface area (Å²) < 4.78 is 5.54. The topological polar surface area (TPSA) is 48.1 Å². The molecule has 19 heavy (non-hydrogen) atoms. The number of hydrogen-bond acceptors (Lipinski definition) is 4. The third kappa shape index (κ3) is 2.65. The summed E-state index contributed by atoms with van der Waals surface area (Å²) in [7, 11) is 0. The van der Waals surface area contributed by atoms with Gasteiger partial charge in [0.25, 0.3) is 0 Å². The second-order valence-corrected chi connectivity index (χ2v) is 5.85. The van der Waals surface area contributed by atoms with Crippen LogP contribution < -0.4 is 10.5 Å². The molecule has 0 bridgehead atoms. The lowest BCUT2D eigenvalue weighted by atomic mass is 10.2. The van der Waals surface area contributed by atoms with E-state index in [0.29, 0.717) is 19.1 Å². The molecule has 2 N–H and O–H groups in total. The monoisotopic (exact) mass is 274 g/mol. The summed E-state index contributed by atoms with van der Waals surface area (Å²) in [4.78, 5) is 6.03. The van der Waals surface area contributed by atoms with Crippen LogP contribution in [-0.2, 0) is 6.54 Å². The number of ether oxygens (including phenoxy) is 1. The third-order valence-electron chi connectivity index (χ3n) is 3.27. The number of hydrogen-bond donors (Lipinski definition) is 1. The molecular weight excluding hydrogens is 256 g/mol. The Morgan fingerprint density at radius 3 is 2.95 bits per heavy atom. The fraction of sp³-hybridized carbons (Fsp3) is 0.400. The maximum absolute atomic E-state index is 5.83. The molecule has 4 heteroatoms. The standard InChI is InChI=1S/C15H18N2OS/c1-2-18-12-5-3-4-11(8-12)15-17-14(10-6-7-10)13(9-16)19-15/h3-5,8,10H,2,6-7,9,16H2,1H3. The van der Waals surface area contributed by atoms with E-state index >= 15 is 0 Å². The summed E-state index contributed by atoms with van der Waals surface area (Å²) >= 11 is 1.72. The first-order chi connectivity index (χ1) is 9.31. The van der Waals surface area contributed by atoms with E-state index in [1.54, 1.807) is 11.3 Å². The van der Waals surface area contributed by atoms with Crippen molar-refractivity contribution < 1.29 is 4.74 Å². The van der Waals surface area contributed by atoms with Gasteiger partial charge < -0.3 is 10.5 Å². The molecule has 1 aromatic carbocycles. The second-order valence-electron chi connectivity index (χ2n) is 4.77. The van der Waals surface area contributed by atoms with Crippen molar-refractivity contribution in [1.82, 2.24) is 4.98 Å². The molecule has 1 heterocycles. The van der Waals surface area contributed by atoms with Crippen LogP contribution in [0.4, 0.5) is 0 Å². The van der Waals surface area contributed by atoms with Crippen molar-refractivity contribution in [3.63, 3.8) is 0 Å². The van der Waals surface area contributed by atoms with Crippen molar-refractivity contribution in [2.24, 2.45) is 5.73 Å². The van der Waals surface area contributed by atoms with Gasteiger partial charge in [0, 0.05) is 22.9 Å². The molecule has 2 aromatic rings. The minimum atomic E-state index is 0.592. The van der Waals surface area contributed by atoms with Gasteiger partial charge in [-0.15, -0.1) is 11.3 Å². The maximum Gasteiger partial charge on any atom is 0.124 e. The van der Waals surface area contributed by atoms with Crippen molar-refractivity contribution >= 4 is 11.3 Å². The maximum atomic E-state index is 5.83. The van der Waals surface area contributed by atoms with Gasteiger partial charge >= 0.3 is 0 Å². The van der Waals surface area contributed by atoms with Crippen LogP contribution in [0.5, 0.6) is 5.75 Å². The van der Waals surface area contributed by atoms with Gasteiger partial charge in [0.2, 0.25) is 0 Å². The zero-order chi connectivity index (χ0) is 13.2. The van der Waals surface area contributed by atoms with E-state index in [1.165, 1.54) is 23.4 Å². The van der Waals surface area contributed by atoms with E-state index in [1.807, 2.05) is 19.1 Å². The summed E-state index contributed by atoms with van der Waals surface area (Å²) in [5, 5.41) is 1.06. The molecule has 0 aliphatic heterocycles. The summed E-state index contributed by atoms with van der Waals surface area (Å²) in [6, 6.07) is 8.13. The van der Waals surface area contributed by atoms with E-state index in [4.69, 9.17) is 15.5 Å². The molecule has 1 saturated carbocycles. The normalized spacial score (nSPS) is 14.6. The Hall–Kier alpha value is -1.39. The average molecular weight is 274 g/mol. The van der Waals surface area contributed by atoms with Gasteiger partial charge in [-0.3, -0.25) is 0 Å². The average Bonchev–Trinajstić information content (AvgIpc) is 3.18. The number of nitrogens with two attached hydrogens (primary N) is 1. The highest BCUT2D eigenvalue weighted by Gasteiger charge is 2.29. The van der Waals surface area contributed by atoms with Crippen LogP contribution in [0.1, 0.15) is 36.3 Å². The lowest BCUT2D eigenvalue weighted by Crippen LogP contribution is -1.96. The van der Waals surface area contributed by atoms with Gasteiger partial charge in [0.15, 0.2) is 0 Å². The first kappa shape index (κ1) is 12.6. The van der Waals surface area contributed by atoms with Gasteiger partial charge in [0.1, 0.15) is 10.8 Å². The molecule has 0 unspecified atom stereocenters. The Morgan fingerprint density at radius 2 is 2.26 bits per heavy atom. The first-order valence-corrected chi connectivity index (χ1v) is 7.56. The molecule has 3 rings (SSSR count). The van der Waals surface area contributed by atoms with Crippen molar-refractivity contribution in [3.8, 4) is 16.3 Å². The Labute approximate surface area is 117 Å². The van der Waals surface area contributed by atoms with Crippen LogP contribution in [0.15, 0.2) is 24.3 Å². The fourth-order valence-electron chi connectivity index (χ4n) is 2.19. The van der Waals surface area contributed by atoms with Crippen LogP contribution in [0.3, 0.4) is 0 Å². The third-order valence-corrected chi connectivity index (χ3v) is 4.41. The molecule has 3 nitrogen and oxygen atoms in total. The molecule has 100 valence electrons. The van der Waals surface area contributed by atoms with Crippen molar-refractivity contribution in [2.75, 3.05) is 6.61 Å². The van der Waals surface area contributed by atoms with Crippen molar-refractivity contribution in [2.45, 2.75) is 32.2 Å². The largest absolute Gasteiger partial charge is 0.494 e. The van der Waals surface area contributed by atoms with Gasteiger partial charge in [-0.1, -0.05) is 12.1 Å².